The van der Waals surface area contributed by atoms with Crippen molar-refractivity contribution in [2.45, 2.75) is 0 Å². The molecule has 2 nitrogen and oxygen atoms in total. The minimum absolute atomic E-state index is 0.0633. The van der Waals surface area contributed by atoms with Crippen molar-refractivity contribution in [3.63, 3.8) is 0 Å². The fourth-order valence-corrected chi connectivity index (χ4v) is 17.0. The third-order valence-electron chi connectivity index (χ3n) is 15.6. The second-order valence-corrected chi connectivity index (χ2v) is 23.8. The molecule has 0 radical (unpaired) electrons. The van der Waals surface area contributed by atoms with Crippen molar-refractivity contribution in [1.29, 1.82) is 0 Å². The molecule has 338 valence electrons. The normalized spacial score (nSPS) is 13.1. The van der Waals surface area contributed by atoms with Crippen molar-refractivity contribution >= 4 is 183 Å². The maximum Gasteiger partial charge on any atom is 0.252 e. The molecular formula is C66H37BN2S4. The smallest absolute Gasteiger partial charge is 0.252 e. The first-order valence-electron chi connectivity index (χ1n) is 24.8. The molecule has 73 heavy (non-hydrogen) atoms. The molecule has 0 atom stereocenters. The van der Waals surface area contributed by atoms with Crippen LogP contribution >= 0.6 is 45.3 Å². The predicted molar refractivity (Wildman–Crippen MR) is 323 cm³/mol. The van der Waals surface area contributed by atoms with Crippen LogP contribution in [0, 0.1) is 0 Å². The molecule has 11 aromatic carbocycles. The Bertz CT molecular complexity index is 4530. The van der Waals surface area contributed by atoms with Gasteiger partial charge in [-0.2, -0.15) is 0 Å². The summed E-state index contributed by atoms with van der Waals surface area (Å²) in [6.07, 6.45) is 0. The van der Waals surface area contributed by atoms with Crippen LogP contribution in [-0.2, 0) is 0 Å². The van der Waals surface area contributed by atoms with Crippen LogP contribution in [0.3, 0.4) is 0 Å². The number of fused-ring (bicyclic) bond motifs is 16. The Kier molecular flexibility index (Phi) is 8.47. The van der Waals surface area contributed by atoms with Crippen LogP contribution in [0.15, 0.2) is 224 Å². The molecule has 7 heteroatoms. The van der Waals surface area contributed by atoms with Crippen LogP contribution in [0.4, 0.5) is 34.1 Å². The number of hydrogen-bond donors (Lipinski definition) is 0. The Labute approximate surface area is 436 Å². The number of nitrogens with zero attached hydrogens (tertiary/aromatic N) is 2. The third-order valence-corrected chi connectivity index (χ3v) is 20.2. The summed E-state index contributed by atoms with van der Waals surface area (Å²) >= 11 is 7.59. The molecule has 17 rings (SSSR count). The highest BCUT2D eigenvalue weighted by atomic mass is 32.1. The van der Waals surface area contributed by atoms with E-state index in [-0.39, 0.29) is 6.71 Å². The number of anilines is 6. The van der Waals surface area contributed by atoms with Gasteiger partial charge in [-0.3, -0.25) is 0 Å². The van der Waals surface area contributed by atoms with Gasteiger partial charge >= 0.3 is 0 Å². The van der Waals surface area contributed by atoms with Crippen molar-refractivity contribution < 1.29 is 0 Å². The molecule has 15 aromatic rings. The molecule has 6 heterocycles. The van der Waals surface area contributed by atoms with Gasteiger partial charge in [0.1, 0.15) is 0 Å². The van der Waals surface area contributed by atoms with E-state index < -0.39 is 0 Å². The number of rotatable bonds is 4. The lowest BCUT2D eigenvalue weighted by molar-refractivity contribution is 1.26. The highest BCUT2D eigenvalue weighted by molar-refractivity contribution is 7.27. The van der Waals surface area contributed by atoms with E-state index in [1.54, 1.807) is 0 Å². The van der Waals surface area contributed by atoms with Crippen molar-refractivity contribution in [2.75, 3.05) is 9.80 Å². The highest BCUT2D eigenvalue weighted by Crippen LogP contribution is 2.53. The number of benzene rings is 11. The molecule has 0 spiro atoms. The summed E-state index contributed by atoms with van der Waals surface area (Å²) in [7, 11) is 0. The highest BCUT2D eigenvalue weighted by Gasteiger charge is 2.45. The largest absolute Gasteiger partial charge is 0.311 e. The fraction of sp³-hybridized carbons (Fsp3) is 0. The van der Waals surface area contributed by atoms with Crippen LogP contribution in [0.2, 0.25) is 0 Å². The lowest BCUT2D eigenvalue weighted by Crippen LogP contribution is -2.61. The van der Waals surface area contributed by atoms with Gasteiger partial charge in [0.2, 0.25) is 0 Å². The third kappa shape index (κ3) is 5.79. The van der Waals surface area contributed by atoms with Crippen LogP contribution in [0.1, 0.15) is 0 Å². The van der Waals surface area contributed by atoms with Gasteiger partial charge in [-0.1, -0.05) is 152 Å². The summed E-state index contributed by atoms with van der Waals surface area (Å²) in [5.41, 5.74) is 16.1. The molecular weight excluding hydrogens is 960 g/mol. The molecule has 2 aliphatic heterocycles. The number of thiophene rings is 4. The van der Waals surface area contributed by atoms with Crippen molar-refractivity contribution in [1.82, 2.24) is 0 Å². The second kappa shape index (κ2) is 15.2. The minimum Gasteiger partial charge on any atom is -0.311 e. The van der Waals surface area contributed by atoms with E-state index in [0.29, 0.717) is 0 Å². The summed E-state index contributed by atoms with van der Waals surface area (Å²) in [6, 6.07) is 85.2. The Morgan fingerprint density at radius 2 is 0.589 bits per heavy atom. The van der Waals surface area contributed by atoms with E-state index in [0.717, 1.165) is 0 Å². The Morgan fingerprint density at radius 3 is 0.986 bits per heavy atom. The van der Waals surface area contributed by atoms with E-state index in [2.05, 4.69) is 234 Å². The van der Waals surface area contributed by atoms with Crippen LogP contribution < -0.4 is 26.2 Å². The van der Waals surface area contributed by atoms with E-state index in [9.17, 15) is 0 Å². The molecule has 4 aromatic heterocycles. The standard InChI is InChI=1S/C66H37BN2S4/c1-3-16-38(17-4-1)44-34-62-48(42-22-9-13-28-60(42)70-62)32-54(44)68-52-24-15-25-53-66(52)67(50-30-46-40-20-7-11-26-58(40)72-64(46)36-56(50)68)51-31-47-41-21-8-12-27-59(41)73-65(47)37-57(51)69(53)55-33-49-43-23-10-14-29-61(43)71-63(49)35-45(55)39-18-5-2-6-19-39/h1-37H. The Hall–Kier alpha value is -8.04. The average Bonchev–Trinajstić information content (AvgIpc) is 4.21. The van der Waals surface area contributed by atoms with Gasteiger partial charge < -0.3 is 9.80 Å². The molecule has 0 fully saturated rings. The van der Waals surface area contributed by atoms with E-state index in [4.69, 9.17) is 0 Å². The first-order chi connectivity index (χ1) is 36.2. The predicted octanol–water partition coefficient (Wildman–Crippen LogP) is 18.6. The number of hydrogen-bond acceptors (Lipinski definition) is 6. The maximum atomic E-state index is 2.65. The van der Waals surface area contributed by atoms with Crippen molar-refractivity contribution in [3.8, 4) is 22.3 Å². The van der Waals surface area contributed by atoms with Gasteiger partial charge in [0.15, 0.2) is 0 Å². The maximum absolute atomic E-state index is 2.65. The molecule has 0 saturated heterocycles. The first kappa shape index (κ1) is 40.5. The molecule has 0 aliphatic carbocycles. The monoisotopic (exact) mass is 996 g/mol. The van der Waals surface area contributed by atoms with Gasteiger partial charge in [0, 0.05) is 104 Å². The zero-order chi connectivity index (χ0) is 47.5. The summed E-state index contributed by atoms with van der Waals surface area (Å²) in [5, 5.41) is 10.4. The van der Waals surface area contributed by atoms with Gasteiger partial charge in [-0.05, 0) is 111 Å². The molecule has 2 aliphatic rings. The van der Waals surface area contributed by atoms with Crippen LogP contribution in [0.25, 0.3) is 103 Å². The second-order valence-electron chi connectivity index (χ2n) is 19.5. The quantitative estimate of drug-likeness (QED) is 0.162. The molecule has 0 amide bonds. The van der Waals surface area contributed by atoms with E-state index >= 15 is 0 Å². The van der Waals surface area contributed by atoms with Gasteiger partial charge in [0.25, 0.3) is 6.71 Å². The lowest BCUT2D eigenvalue weighted by Gasteiger charge is -2.45. The Balaban J connectivity index is 1.04. The lowest BCUT2D eigenvalue weighted by atomic mass is 9.33. The van der Waals surface area contributed by atoms with Gasteiger partial charge in [-0.15, -0.1) is 45.3 Å². The first-order valence-corrected chi connectivity index (χ1v) is 28.1. The van der Waals surface area contributed by atoms with E-state index in [1.807, 2.05) is 45.3 Å². The zero-order valence-corrected chi connectivity index (χ0v) is 42.2. The molecule has 0 N–H and O–H groups in total. The zero-order valence-electron chi connectivity index (χ0n) is 39.0. The summed E-state index contributed by atoms with van der Waals surface area (Å²) in [5.74, 6) is 0. The molecule has 0 unspecified atom stereocenters. The van der Waals surface area contributed by atoms with Crippen LogP contribution in [-0.4, -0.2) is 6.71 Å². The van der Waals surface area contributed by atoms with Gasteiger partial charge in [-0.25, -0.2) is 0 Å². The van der Waals surface area contributed by atoms with Crippen LogP contribution in [0.5, 0.6) is 0 Å². The minimum atomic E-state index is -0.0633. The fourth-order valence-electron chi connectivity index (χ4n) is 12.5. The average molecular weight is 997 g/mol. The molecule has 0 saturated carbocycles. The topological polar surface area (TPSA) is 6.48 Å². The van der Waals surface area contributed by atoms with Crippen molar-refractivity contribution in [3.05, 3.63) is 224 Å². The summed E-state index contributed by atoms with van der Waals surface area (Å²) in [6.45, 7) is -0.0633. The van der Waals surface area contributed by atoms with Gasteiger partial charge in [0.05, 0.1) is 11.4 Å². The summed E-state index contributed by atoms with van der Waals surface area (Å²) in [4.78, 5) is 5.30. The molecule has 0 bridgehead atoms. The Morgan fingerprint density at radius 1 is 0.247 bits per heavy atom. The SMILES string of the molecule is c1ccc(-c2cc3sc4ccccc4c3cc2N2c3cc4sc5ccccc5c4cc3B3c4cc5c(cc4N(c4cc6c(cc4-c4ccccc4)sc4ccccc46)c4cccc2c43)sc2ccccc25)cc1. The summed E-state index contributed by atoms with van der Waals surface area (Å²) < 4.78 is 10.4. The van der Waals surface area contributed by atoms with E-state index in [1.165, 1.54) is 153 Å². The van der Waals surface area contributed by atoms with Crippen molar-refractivity contribution in [2.24, 2.45) is 0 Å².